The lowest BCUT2D eigenvalue weighted by Crippen LogP contribution is -2.04. The van der Waals surface area contributed by atoms with Crippen LogP contribution in [0.15, 0.2) is 23.6 Å². The van der Waals surface area contributed by atoms with Crippen molar-refractivity contribution in [2.24, 2.45) is 0 Å². The molecule has 0 aliphatic heterocycles. The third-order valence-electron chi connectivity index (χ3n) is 3.82. The number of hydrogen-bond donors (Lipinski definition) is 0. The Kier molecular flexibility index (Phi) is 4.44. The van der Waals surface area contributed by atoms with Gasteiger partial charge >= 0.3 is 5.97 Å². The molecule has 2 aromatic heterocycles. The van der Waals surface area contributed by atoms with Crippen molar-refractivity contribution in [3.05, 3.63) is 46.1 Å². The van der Waals surface area contributed by atoms with E-state index in [4.69, 9.17) is 4.74 Å². The third kappa shape index (κ3) is 2.94. The number of carbonyl (C=O) groups is 1. The summed E-state index contributed by atoms with van der Waals surface area (Å²) in [6.07, 6.45) is 0. The van der Waals surface area contributed by atoms with Crippen LogP contribution in [0.5, 0.6) is 0 Å². The van der Waals surface area contributed by atoms with E-state index in [1.807, 2.05) is 13.0 Å². The Hall–Kier alpha value is -2.54. The van der Waals surface area contributed by atoms with Crippen molar-refractivity contribution < 1.29 is 9.53 Å². The van der Waals surface area contributed by atoms with E-state index in [2.05, 4.69) is 41.3 Å². The molecule has 0 fully saturated rings. The molecule has 0 radical (unpaired) electrons. The fraction of sp³-hybridized carbons (Fsp3) is 0.294. The van der Waals surface area contributed by atoms with Crippen molar-refractivity contribution >= 4 is 17.3 Å². The molecule has 6 nitrogen and oxygen atoms in total. The fourth-order valence-corrected chi connectivity index (χ4v) is 3.13. The summed E-state index contributed by atoms with van der Waals surface area (Å²) >= 11 is 1.36. The first-order chi connectivity index (χ1) is 11.5. The van der Waals surface area contributed by atoms with E-state index < -0.39 is 5.97 Å². The number of esters is 1. The quantitative estimate of drug-likeness (QED) is 0.679. The highest BCUT2D eigenvalue weighted by atomic mass is 32.1. The minimum atomic E-state index is -0.417. The van der Waals surface area contributed by atoms with E-state index in [1.165, 1.54) is 22.5 Å². The maximum absolute atomic E-state index is 11.8. The molecule has 124 valence electrons. The van der Waals surface area contributed by atoms with Gasteiger partial charge in [-0.1, -0.05) is 11.3 Å². The van der Waals surface area contributed by atoms with Gasteiger partial charge in [-0.15, -0.1) is 16.4 Å². The second-order valence-electron chi connectivity index (χ2n) is 5.46. The van der Waals surface area contributed by atoms with Gasteiger partial charge in [0.2, 0.25) is 0 Å². The molecule has 0 bridgehead atoms. The molecule has 0 aliphatic rings. The molecule has 0 saturated carbocycles. The number of aromatic nitrogens is 4. The van der Waals surface area contributed by atoms with Gasteiger partial charge in [0.1, 0.15) is 10.7 Å². The zero-order chi connectivity index (χ0) is 17.3. The van der Waals surface area contributed by atoms with E-state index in [-0.39, 0.29) is 0 Å². The van der Waals surface area contributed by atoms with Gasteiger partial charge in [0.05, 0.1) is 18.0 Å². The van der Waals surface area contributed by atoms with Crippen molar-refractivity contribution in [2.45, 2.75) is 27.7 Å². The van der Waals surface area contributed by atoms with Crippen molar-refractivity contribution in [1.29, 1.82) is 0 Å². The Morgan fingerprint density at radius 2 is 2.04 bits per heavy atom. The van der Waals surface area contributed by atoms with Crippen molar-refractivity contribution in [3.8, 4) is 16.4 Å². The number of aryl methyl sites for hydroxylation is 2. The average molecular weight is 342 g/mol. The van der Waals surface area contributed by atoms with Gasteiger partial charge in [-0.25, -0.2) is 14.5 Å². The number of hydrogen-bond acceptors (Lipinski definition) is 6. The van der Waals surface area contributed by atoms with Gasteiger partial charge in [0, 0.05) is 5.38 Å². The van der Waals surface area contributed by atoms with Crippen LogP contribution in [-0.4, -0.2) is 32.6 Å². The smallest absolute Gasteiger partial charge is 0.357 e. The second-order valence-corrected chi connectivity index (χ2v) is 6.32. The number of rotatable bonds is 4. The lowest BCUT2D eigenvalue weighted by atomic mass is 10.1. The largest absolute Gasteiger partial charge is 0.461 e. The first-order valence-corrected chi connectivity index (χ1v) is 8.52. The molecule has 2 heterocycles. The van der Waals surface area contributed by atoms with E-state index >= 15 is 0 Å². The number of nitrogens with zero attached hydrogens (tertiary/aromatic N) is 4. The maximum atomic E-state index is 11.8. The molecule has 0 amide bonds. The molecule has 0 N–H and O–H groups in total. The molecular weight excluding hydrogens is 324 g/mol. The molecule has 1 aromatic carbocycles. The average Bonchev–Trinajstić information content (AvgIpc) is 3.17. The fourth-order valence-electron chi connectivity index (χ4n) is 2.31. The summed E-state index contributed by atoms with van der Waals surface area (Å²) in [5.74, 6) is -0.417. The summed E-state index contributed by atoms with van der Waals surface area (Å²) in [5.41, 5.74) is 5.24. The van der Waals surface area contributed by atoms with Crippen LogP contribution in [0.4, 0.5) is 0 Å². The SMILES string of the molecule is CCOC(=O)c1csc(-c2nnn(-c3ccc(C)c(C)c3)c2C)n1. The molecule has 0 unspecified atom stereocenters. The summed E-state index contributed by atoms with van der Waals surface area (Å²) < 4.78 is 6.76. The normalized spacial score (nSPS) is 10.8. The standard InChI is InChI=1S/C17H18N4O2S/c1-5-23-17(22)14-9-24-16(18-14)15-12(4)21(20-19-15)13-7-6-10(2)11(3)8-13/h6-9H,5H2,1-4H3. The topological polar surface area (TPSA) is 69.9 Å². The summed E-state index contributed by atoms with van der Waals surface area (Å²) in [6.45, 7) is 8.18. The number of benzene rings is 1. The van der Waals surface area contributed by atoms with Crippen LogP contribution in [0, 0.1) is 20.8 Å². The first kappa shape index (κ1) is 16.3. The van der Waals surface area contributed by atoms with Gasteiger partial charge in [0.15, 0.2) is 5.69 Å². The van der Waals surface area contributed by atoms with Crippen molar-refractivity contribution in [2.75, 3.05) is 6.61 Å². The summed E-state index contributed by atoms with van der Waals surface area (Å²) in [4.78, 5) is 16.1. The molecular formula is C17H18N4O2S. The summed E-state index contributed by atoms with van der Waals surface area (Å²) in [5, 5.41) is 10.8. The minimum Gasteiger partial charge on any atom is -0.461 e. The van der Waals surface area contributed by atoms with Crippen LogP contribution >= 0.6 is 11.3 Å². The van der Waals surface area contributed by atoms with Crippen LogP contribution in [0.3, 0.4) is 0 Å². The lowest BCUT2D eigenvalue weighted by molar-refractivity contribution is 0.0520. The van der Waals surface area contributed by atoms with Crippen LogP contribution < -0.4 is 0 Å². The lowest BCUT2D eigenvalue weighted by Gasteiger charge is -2.06. The summed E-state index contributed by atoms with van der Waals surface area (Å²) in [7, 11) is 0. The van der Waals surface area contributed by atoms with Gasteiger partial charge in [-0.3, -0.25) is 0 Å². The van der Waals surface area contributed by atoms with Gasteiger partial charge < -0.3 is 4.74 Å². The zero-order valence-electron chi connectivity index (χ0n) is 14.0. The van der Waals surface area contributed by atoms with Crippen LogP contribution in [0.25, 0.3) is 16.4 Å². The van der Waals surface area contributed by atoms with E-state index in [9.17, 15) is 4.79 Å². The van der Waals surface area contributed by atoms with Crippen LogP contribution in [0.2, 0.25) is 0 Å². The van der Waals surface area contributed by atoms with Crippen LogP contribution in [0.1, 0.15) is 34.2 Å². The molecule has 3 aromatic rings. The molecule has 0 aliphatic carbocycles. The predicted molar refractivity (Wildman–Crippen MR) is 92.6 cm³/mol. The first-order valence-electron chi connectivity index (χ1n) is 7.64. The Bertz CT molecular complexity index is 898. The van der Waals surface area contributed by atoms with E-state index in [0.29, 0.717) is 23.0 Å². The highest BCUT2D eigenvalue weighted by molar-refractivity contribution is 7.13. The molecule has 0 saturated heterocycles. The van der Waals surface area contributed by atoms with Gasteiger partial charge in [0.25, 0.3) is 0 Å². The third-order valence-corrected chi connectivity index (χ3v) is 4.67. The molecule has 24 heavy (non-hydrogen) atoms. The molecule has 0 spiro atoms. The minimum absolute atomic E-state index is 0.303. The van der Waals surface area contributed by atoms with E-state index in [1.54, 1.807) is 17.0 Å². The molecule has 7 heteroatoms. The predicted octanol–water partition coefficient (Wildman–Crippen LogP) is 3.49. The number of thiazole rings is 1. The van der Waals surface area contributed by atoms with Crippen LogP contribution in [-0.2, 0) is 4.74 Å². The number of ether oxygens (including phenoxy) is 1. The highest BCUT2D eigenvalue weighted by Gasteiger charge is 2.18. The molecule has 0 atom stereocenters. The van der Waals surface area contributed by atoms with E-state index in [0.717, 1.165) is 11.4 Å². The van der Waals surface area contributed by atoms with Gasteiger partial charge in [-0.2, -0.15) is 0 Å². The zero-order valence-corrected chi connectivity index (χ0v) is 14.8. The highest BCUT2D eigenvalue weighted by Crippen LogP contribution is 2.26. The maximum Gasteiger partial charge on any atom is 0.357 e. The number of carbonyl (C=O) groups excluding carboxylic acids is 1. The summed E-state index contributed by atoms with van der Waals surface area (Å²) in [6, 6.07) is 6.15. The second kappa shape index (κ2) is 6.52. The Morgan fingerprint density at radius 3 is 2.75 bits per heavy atom. The van der Waals surface area contributed by atoms with Gasteiger partial charge in [-0.05, 0) is 51.0 Å². The molecule has 3 rings (SSSR count). The Labute approximate surface area is 144 Å². The Balaban J connectivity index is 1.95. The monoisotopic (exact) mass is 342 g/mol. The van der Waals surface area contributed by atoms with Crippen molar-refractivity contribution in [3.63, 3.8) is 0 Å². The Morgan fingerprint density at radius 1 is 1.25 bits per heavy atom. The van der Waals surface area contributed by atoms with Crippen molar-refractivity contribution in [1.82, 2.24) is 20.0 Å².